The Morgan fingerprint density at radius 3 is 2.71 bits per heavy atom. The summed E-state index contributed by atoms with van der Waals surface area (Å²) in [5.74, 6) is -0.562. The molecule has 5 nitrogen and oxygen atoms in total. The zero-order valence-corrected chi connectivity index (χ0v) is 11.2. The maximum absolute atomic E-state index is 12.8. The third kappa shape index (κ3) is 2.99. The molecule has 21 heavy (non-hydrogen) atoms. The number of nitrogens with zero attached hydrogens (tertiary/aromatic N) is 2. The molecule has 1 amide bonds. The molecule has 0 aliphatic carbocycles. The van der Waals surface area contributed by atoms with Crippen molar-refractivity contribution in [2.24, 2.45) is 0 Å². The maximum Gasteiger partial charge on any atom is 0.417 e. The van der Waals surface area contributed by atoms with Crippen LogP contribution in [-0.2, 0) is 12.6 Å². The highest BCUT2D eigenvalue weighted by Gasteiger charge is 2.31. The first kappa shape index (κ1) is 15.3. The fourth-order valence-corrected chi connectivity index (χ4v) is 2.00. The van der Waals surface area contributed by atoms with Gasteiger partial charge in [0.05, 0.1) is 17.9 Å². The van der Waals surface area contributed by atoms with E-state index in [0.29, 0.717) is 12.1 Å². The third-order valence-corrected chi connectivity index (χ3v) is 2.97. The Bertz CT molecular complexity index is 664. The molecular formula is C13H14F3N3O2. The first-order valence-corrected chi connectivity index (χ1v) is 6.35. The van der Waals surface area contributed by atoms with E-state index in [-0.39, 0.29) is 24.5 Å². The number of fused-ring (bicyclic) bond motifs is 1. The average Bonchev–Trinajstić information content (AvgIpc) is 2.81. The van der Waals surface area contributed by atoms with Gasteiger partial charge in [0, 0.05) is 12.7 Å². The number of aryl methyl sites for hydroxylation is 1. The Morgan fingerprint density at radius 1 is 1.43 bits per heavy atom. The molecule has 114 valence electrons. The Balaban J connectivity index is 2.57. The van der Waals surface area contributed by atoms with Crippen molar-refractivity contribution >= 4 is 11.6 Å². The lowest BCUT2D eigenvalue weighted by molar-refractivity contribution is -0.137. The number of aromatic nitrogens is 2. The molecule has 0 unspecified atom stereocenters. The molecule has 2 aromatic heterocycles. The zero-order chi connectivity index (χ0) is 15.6. The summed E-state index contributed by atoms with van der Waals surface area (Å²) in [7, 11) is 0. The molecule has 0 aromatic carbocycles. The molecule has 2 heterocycles. The number of hydrogen-bond acceptors (Lipinski definition) is 3. The highest BCUT2D eigenvalue weighted by Crippen LogP contribution is 2.29. The van der Waals surface area contributed by atoms with Gasteiger partial charge >= 0.3 is 6.18 Å². The van der Waals surface area contributed by atoms with Crippen LogP contribution in [0.25, 0.3) is 5.65 Å². The molecule has 0 aliphatic rings. The lowest BCUT2D eigenvalue weighted by Crippen LogP contribution is -2.28. The van der Waals surface area contributed by atoms with E-state index in [0.717, 1.165) is 16.7 Å². The largest absolute Gasteiger partial charge is 0.417 e. The molecule has 0 spiro atoms. The zero-order valence-electron chi connectivity index (χ0n) is 11.2. The minimum atomic E-state index is -4.50. The van der Waals surface area contributed by atoms with E-state index < -0.39 is 17.6 Å². The smallest absolute Gasteiger partial charge is 0.395 e. The molecule has 8 heteroatoms. The molecule has 0 bridgehead atoms. The summed E-state index contributed by atoms with van der Waals surface area (Å²) in [4.78, 5) is 16.2. The van der Waals surface area contributed by atoms with Gasteiger partial charge < -0.3 is 10.4 Å². The van der Waals surface area contributed by atoms with E-state index in [1.54, 1.807) is 6.92 Å². The van der Waals surface area contributed by atoms with E-state index >= 15 is 0 Å². The molecule has 2 rings (SSSR count). The van der Waals surface area contributed by atoms with Gasteiger partial charge in [0.25, 0.3) is 5.91 Å². The number of carbonyl (C=O) groups is 1. The van der Waals surface area contributed by atoms with Crippen LogP contribution in [0, 0.1) is 0 Å². The number of pyridine rings is 1. The van der Waals surface area contributed by atoms with Gasteiger partial charge in [-0.15, -0.1) is 0 Å². The molecule has 2 aromatic rings. The van der Waals surface area contributed by atoms with Crippen molar-refractivity contribution < 1.29 is 23.1 Å². The summed E-state index contributed by atoms with van der Waals surface area (Å²) >= 11 is 0. The van der Waals surface area contributed by atoms with Gasteiger partial charge in [-0.2, -0.15) is 13.2 Å². The van der Waals surface area contributed by atoms with E-state index in [4.69, 9.17) is 5.11 Å². The van der Waals surface area contributed by atoms with Gasteiger partial charge in [0.15, 0.2) is 0 Å². The van der Waals surface area contributed by atoms with Crippen LogP contribution in [0.4, 0.5) is 13.2 Å². The summed E-state index contributed by atoms with van der Waals surface area (Å²) in [5.41, 5.74) is -0.114. The van der Waals surface area contributed by atoms with Gasteiger partial charge in [0.1, 0.15) is 11.3 Å². The fourth-order valence-electron chi connectivity index (χ4n) is 2.00. The van der Waals surface area contributed by atoms with Gasteiger partial charge in [-0.25, -0.2) is 4.98 Å². The topological polar surface area (TPSA) is 66.6 Å². The molecule has 0 aliphatic heterocycles. The molecule has 0 fully saturated rings. The maximum atomic E-state index is 12.8. The second-order valence-corrected chi connectivity index (χ2v) is 4.38. The first-order valence-electron chi connectivity index (χ1n) is 6.35. The van der Waals surface area contributed by atoms with Crippen molar-refractivity contribution in [2.45, 2.75) is 19.5 Å². The van der Waals surface area contributed by atoms with Crippen molar-refractivity contribution in [1.82, 2.24) is 14.7 Å². The fraction of sp³-hybridized carbons (Fsp3) is 0.385. The van der Waals surface area contributed by atoms with Crippen molar-refractivity contribution in [1.29, 1.82) is 0 Å². The average molecular weight is 301 g/mol. The van der Waals surface area contributed by atoms with Crippen molar-refractivity contribution in [3.63, 3.8) is 0 Å². The number of rotatable bonds is 4. The van der Waals surface area contributed by atoms with Crippen LogP contribution in [0.3, 0.4) is 0 Å². The van der Waals surface area contributed by atoms with Crippen LogP contribution in [0.1, 0.15) is 28.7 Å². The van der Waals surface area contributed by atoms with Gasteiger partial charge in [-0.3, -0.25) is 9.20 Å². The minimum absolute atomic E-state index is 0.0220. The number of aliphatic hydroxyl groups is 1. The monoisotopic (exact) mass is 301 g/mol. The van der Waals surface area contributed by atoms with E-state index in [1.807, 2.05) is 0 Å². The highest BCUT2D eigenvalue weighted by atomic mass is 19.4. The number of hydrogen-bond donors (Lipinski definition) is 2. The standard InChI is InChI=1S/C13H14F3N3O2/c1-2-9-11(12(21)17-5-6-20)19-7-8(13(14,15)16)3-4-10(19)18-9/h3-4,7,20H,2,5-6H2,1H3,(H,17,21). The van der Waals surface area contributed by atoms with Crippen LogP contribution in [0.2, 0.25) is 0 Å². The molecule has 2 N–H and O–H groups in total. The highest BCUT2D eigenvalue weighted by molar-refractivity contribution is 5.94. The Morgan fingerprint density at radius 2 is 2.14 bits per heavy atom. The van der Waals surface area contributed by atoms with E-state index in [2.05, 4.69) is 10.3 Å². The molecule has 0 saturated carbocycles. The van der Waals surface area contributed by atoms with E-state index in [9.17, 15) is 18.0 Å². The summed E-state index contributed by atoms with van der Waals surface area (Å²) in [6, 6.07) is 2.15. The molecule has 0 atom stereocenters. The Labute approximate surface area is 118 Å². The quantitative estimate of drug-likeness (QED) is 0.902. The predicted octanol–water partition coefficient (Wildman–Crippen LogP) is 1.64. The summed E-state index contributed by atoms with van der Waals surface area (Å²) in [6.45, 7) is 1.53. The van der Waals surface area contributed by atoms with Gasteiger partial charge in [0.2, 0.25) is 0 Å². The number of alkyl halides is 3. The minimum Gasteiger partial charge on any atom is -0.395 e. The Kier molecular flexibility index (Phi) is 4.17. The number of carbonyl (C=O) groups excluding carboxylic acids is 1. The third-order valence-electron chi connectivity index (χ3n) is 2.97. The second kappa shape index (κ2) is 5.72. The van der Waals surface area contributed by atoms with Gasteiger partial charge in [-0.05, 0) is 18.6 Å². The molecule has 0 saturated heterocycles. The number of halogens is 3. The lowest BCUT2D eigenvalue weighted by atomic mass is 10.2. The number of imidazole rings is 1. The Hall–Kier alpha value is -2.09. The second-order valence-electron chi connectivity index (χ2n) is 4.38. The molecular weight excluding hydrogens is 287 g/mol. The van der Waals surface area contributed by atoms with E-state index in [1.165, 1.54) is 6.07 Å². The molecule has 0 radical (unpaired) electrons. The van der Waals surface area contributed by atoms with Crippen LogP contribution >= 0.6 is 0 Å². The van der Waals surface area contributed by atoms with Gasteiger partial charge in [-0.1, -0.05) is 6.92 Å². The number of aliphatic hydroxyl groups excluding tert-OH is 1. The lowest BCUT2D eigenvalue weighted by Gasteiger charge is -2.09. The first-order chi connectivity index (χ1) is 9.88. The number of amides is 1. The normalized spacial score (nSPS) is 11.9. The number of nitrogens with one attached hydrogen (secondary N) is 1. The predicted molar refractivity (Wildman–Crippen MR) is 69.0 cm³/mol. The van der Waals surface area contributed by atoms with Crippen LogP contribution in [0.15, 0.2) is 18.3 Å². The van der Waals surface area contributed by atoms with Crippen molar-refractivity contribution in [3.8, 4) is 0 Å². The summed E-state index contributed by atoms with van der Waals surface area (Å²) in [5, 5.41) is 11.1. The summed E-state index contributed by atoms with van der Waals surface area (Å²) in [6.07, 6.45) is -3.23. The van der Waals surface area contributed by atoms with Crippen molar-refractivity contribution in [2.75, 3.05) is 13.2 Å². The SMILES string of the molecule is CCc1nc2ccc(C(F)(F)F)cn2c1C(=O)NCCO. The summed E-state index contributed by atoms with van der Waals surface area (Å²) < 4.78 is 39.5. The van der Waals surface area contributed by atoms with Crippen molar-refractivity contribution in [3.05, 3.63) is 35.3 Å². The van der Waals surface area contributed by atoms with Crippen LogP contribution < -0.4 is 5.32 Å². The van der Waals surface area contributed by atoms with Crippen LogP contribution in [0.5, 0.6) is 0 Å². The van der Waals surface area contributed by atoms with Crippen LogP contribution in [-0.4, -0.2) is 33.6 Å².